The number of amides is 1. The number of hydrogen-bond donors (Lipinski definition) is 2. The topological polar surface area (TPSA) is 96.1 Å². The Kier molecular flexibility index (Phi) is 3.71. The molecule has 0 saturated carbocycles. The molecule has 0 aliphatic carbocycles. The molecule has 0 spiro atoms. The summed E-state index contributed by atoms with van der Waals surface area (Å²) in [5, 5.41) is 8.68. The number of thiophene rings is 1. The number of alkyl halides is 3. The molecular formula is C9H9F3N4OS. The molecule has 1 amide bonds. The van der Waals surface area contributed by atoms with Crippen LogP contribution in [0.2, 0.25) is 0 Å². The number of anilines is 2. The molecule has 0 unspecified atom stereocenters. The van der Waals surface area contributed by atoms with Gasteiger partial charge in [0.15, 0.2) is 0 Å². The molecule has 9 heteroatoms. The van der Waals surface area contributed by atoms with Crippen molar-refractivity contribution in [2.45, 2.75) is 6.18 Å². The zero-order chi connectivity index (χ0) is 14.1. The lowest BCUT2D eigenvalue weighted by Crippen LogP contribution is -2.31. The van der Waals surface area contributed by atoms with E-state index in [1.54, 1.807) is 6.07 Å². The molecule has 1 aromatic rings. The Bertz CT molecular complexity index is 517. The Hall–Kier alpha value is -1.95. The maximum atomic E-state index is 12.3. The number of primary amides is 1. The number of nitriles is 1. The molecule has 0 aromatic carbocycles. The van der Waals surface area contributed by atoms with Crippen LogP contribution in [0.15, 0.2) is 0 Å². The van der Waals surface area contributed by atoms with Crippen LogP contribution in [0.3, 0.4) is 0 Å². The number of nitrogens with zero attached hydrogens (tertiary/aromatic N) is 2. The Morgan fingerprint density at radius 2 is 2.11 bits per heavy atom. The minimum absolute atomic E-state index is 0.0344. The molecule has 1 aromatic heterocycles. The number of rotatable bonds is 3. The van der Waals surface area contributed by atoms with Crippen molar-refractivity contribution in [2.75, 3.05) is 24.2 Å². The van der Waals surface area contributed by atoms with Gasteiger partial charge in [-0.15, -0.1) is 11.3 Å². The third-order valence-corrected chi connectivity index (χ3v) is 3.26. The Morgan fingerprint density at radius 1 is 1.56 bits per heavy atom. The summed E-state index contributed by atoms with van der Waals surface area (Å²) in [6, 6.07) is 1.71. The smallest absolute Gasteiger partial charge is 0.396 e. The first-order chi connectivity index (χ1) is 8.17. The van der Waals surface area contributed by atoms with Crippen LogP contribution in [0.4, 0.5) is 23.9 Å². The monoisotopic (exact) mass is 278 g/mol. The molecule has 18 heavy (non-hydrogen) atoms. The fourth-order valence-electron chi connectivity index (χ4n) is 1.36. The molecule has 0 radical (unpaired) electrons. The highest BCUT2D eigenvalue weighted by molar-refractivity contribution is 7.17. The van der Waals surface area contributed by atoms with Crippen molar-refractivity contribution in [3.05, 3.63) is 10.4 Å². The molecule has 0 aliphatic heterocycles. The van der Waals surface area contributed by atoms with E-state index in [0.29, 0.717) is 11.3 Å². The highest BCUT2D eigenvalue weighted by Gasteiger charge is 2.32. The lowest BCUT2D eigenvalue weighted by molar-refractivity contribution is -0.119. The van der Waals surface area contributed by atoms with Gasteiger partial charge >= 0.3 is 6.18 Å². The molecule has 5 nitrogen and oxygen atoms in total. The van der Waals surface area contributed by atoms with E-state index in [9.17, 15) is 18.0 Å². The summed E-state index contributed by atoms with van der Waals surface area (Å²) in [6.45, 7) is -1.27. The average molecular weight is 278 g/mol. The maximum Gasteiger partial charge on any atom is 0.405 e. The molecule has 0 bridgehead atoms. The predicted octanol–water partition coefficient (Wildman–Crippen LogP) is 1.30. The van der Waals surface area contributed by atoms with Crippen LogP contribution in [-0.4, -0.2) is 25.7 Å². The first-order valence-electron chi connectivity index (χ1n) is 4.57. The quantitative estimate of drug-likeness (QED) is 0.871. The highest BCUT2D eigenvalue weighted by Crippen LogP contribution is 2.37. The zero-order valence-corrected chi connectivity index (χ0v) is 10.0. The van der Waals surface area contributed by atoms with Crippen LogP contribution < -0.4 is 16.4 Å². The molecule has 0 atom stereocenters. The zero-order valence-electron chi connectivity index (χ0n) is 9.21. The summed E-state index contributed by atoms with van der Waals surface area (Å²) in [4.78, 5) is 11.9. The molecule has 1 heterocycles. The van der Waals surface area contributed by atoms with Gasteiger partial charge in [0.2, 0.25) is 0 Å². The number of halogens is 3. The van der Waals surface area contributed by atoms with Gasteiger partial charge < -0.3 is 16.4 Å². The second-order valence-corrected chi connectivity index (χ2v) is 4.47. The summed E-state index contributed by atoms with van der Waals surface area (Å²) in [6.07, 6.45) is -4.44. The average Bonchev–Trinajstić information content (AvgIpc) is 2.52. The van der Waals surface area contributed by atoms with Gasteiger partial charge in [-0.3, -0.25) is 4.79 Å². The SMILES string of the molecule is CN(CC(F)(F)F)c1sc(C#N)c(N)c1C(N)=O. The van der Waals surface area contributed by atoms with E-state index in [1.807, 2.05) is 0 Å². The fourth-order valence-corrected chi connectivity index (χ4v) is 2.35. The number of carbonyl (C=O) groups is 1. The largest absolute Gasteiger partial charge is 0.405 e. The van der Waals surface area contributed by atoms with Crippen molar-refractivity contribution in [1.29, 1.82) is 5.26 Å². The van der Waals surface area contributed by atoms with Crippen molar-refractivity contribution >= 4 is 27.9 Å². The van der Waals surface area contributed by atoms with Crippen molar-refractivity contribution in [1.82, 2.24) is 0 Å². The van der Waals surface area contributed by atoms with Crippen molar-refractivity contribution in [3.8, 4) is 6.07 Å². The van der Waals surface area contributed by atoms with Gasteiger partial charge in [0.1, 0.15) is 22.5 Å². The van der Waals surface area contributed by atoms with Gasteiger partial charge in [-0.2, -0.15) is 18.4 Å². The number of nitrogens with two attached hydrogens (primary N) is 2. The number of hydrogen-bond acceptors (Lipinski definition) is 5. The van der Waals surface area contributed by atoms with E-state index >= 15 is 0 Å². The summed E-state index contributed by atoms with van der Waals surface area (Å²) < 4.78 is 36.8. The van der Waals surface area contributed by atoms with Crippen molar-refractivity contribution in [3.63, 3.8) is 0 Å². The van der Waals surface area contributed by atoms with E-state index in [2.05, 4.69) is 0 Å². The molecule has 4 N–H and O–H groups in total. The molecular weight excluding hydrogens is 269 g/mol. The first kappa shape index (κ1) is 14.1. The minimum Gasteiger partial charge on any atom is -0.396 e. The minimum atomic E-state index is -4.44. The van der Waals surface area contributed by atoms with Crippen LogP contribution in [0.25, 0.3) is 0 Å². The second-order valence-electron chi connectivity index (χ2n) is 3.47. The summed E-state index contributed by atoms with van der Waals surface area (Å²) in [5.41, 5.74) is 10.1. The molecule has 1 rings (SSSR count). The summed E-state index contributed by atoms with van der Waals surface area (Å²) in [5.74, 6) is -0.964. The van der Waals surface area contributed by atoms with Gasteiger partial charge in [0.25, 0.3) is 5.91 Å². The standard InChI is InChI=1S/C9H9F3N4OS/c1-16(3-9(10,11)12)8-5(7(15)17)6(14)4(2-13)18-8/h3,14H2,1H3,(H2,15,17). The summed E-state index contributed by atoms with van der Waals surface area (Å²) >= 11 is 0.702. The molecule has 0 aliphatic rings. The van der Waals surface area contributed by atoms with E-state index in [-0.39, 0.29) is 21.1 Å². The highest BCUT2D eigenvalue weighted by atomic mass is 32.1. The van der Waals surface area contributed by atoms with Gasteiger partial charge in [0, 0.05) is 7.05 Å². The Labute approximate surface area is 104 Å². The van der Waals surface area contributed by atoms with Crippen LogP contribution >= 0.6 is 11.3 Å². The Balaban J connectivity index is 3.24. The van der Waals surface area contributed by atoms with Crippen LogP contribution in [0.1, 0.15) is 15.2 Å². The third-order valence-electron chi connectivity index (χ3n) is 2.04. The lowest BCUT2D eigenvalue weighted by Gasteiger charge is -2.20. The van der Waals surface area contributed by atoms with E-state index < -0.39 is 18.6 Å². The molecule has 0 fully saturated rings. The van der Waals surface area contributed by atoms with Crippen LogP contribution in [0.5, 0.6) is 0 Å². The first-order valence-corrected chi connectivity index (χ1v) is 5.39. The van der Waals surface area contributed by atoms with E-state index in [1.165, 1.54) is 0 Å². The van der Waals surface area contributed by atoms with Gasteiger partial charge in [-0.05, 0) is 0 Å². The van der Waals surface area contributed by atoms with Crippen molar-refractivity contribution < 1.29 is 18.0 Å². The van der Waals surface area contributed by atoms with E-state index in [0.717, 1.165) is 11.9 Å². The summed E-state index contributed by atoms with van der Waals surface area (Å²) in [7, 11) is 1.15. The predicted molar refractivity (Wildman–Crippen MR) is 61.3 cm³/mol. The molecule has 0 saturated heterocycles. The normalized spacial score (nSPS) is 11.1. The van der Waals surface area contributed by atoms with Crippen LogP contribution in [0, 0.1) is 11.3 Å². The lowest BCUT2D eigenvalue weighted by atomic mass is 10.2. The van der Waals surface area contributed by atoms with E-state index in [4.69, 9.17) is 16.7 Å². The van der Waals surface area contributed by atoms with Crippen molar-refractivity contribution in [2.24, 2.45) is 5.73 Å². The van der Waals surface area contributed by atoms with Gasteiger partial charge in [-0.1, -0.05) is 0 Å². The molecule has 98 valence electrons. The Morgan fingerprint density at radius 3 is 2.50 bits per heavy atom. The third kappa shape index (κ3) is 2.84. The number of carbonyl (C=O) groups excluding carboxylic acids is 1. The number of nitrogen functional groups attached to an aromatic ring is 1. The second kappa shape index (κ2) is 4.73. The maximum absolute atomic E-state index is 12.3. The van der Waals surface area contributed by atoms with Gasteiger partial charge in [0.05, 0.1) is 11.3 Å². The van der Waals surface area contributed by atoms with Crippen LogP contribution in [-0.2, 0) is 0 Å². The van der Waals surface area contributed by atoms with Gasteiger partial charge in [-0.25, -0.2) is 0 Å². The fraction of sp³-hybridized carbons (Fsp3) is 0.333.